The molecule has 7 heteroatoms. The summed E-state index contributed by atoms with van der Waals surface area (Å²) in [5.74, 6) is -1.19. The minimum absolute atomic E-state index is 0.0474. The van der Waals surface area contributed by atoms with Crippen LogP contribution in [-0.2, 0) is 14.4 Å². The molecule has 1 aromatic rings. The van der Waals surface area contributed by atoms with Crippen LogP contribution >= 0.6 is 11.6 Å². The van der Waals surface area contributed by atoms with Crippen LogP contribution in [-0.4, -0.2) is 40.9 Å². The molecule has 1 aliphatic heterocycles. The topological polar surface area (TPSA) is 86.7 Å². The zero-order valence-corrected chi connectivity index (χ0v) is 15.4. The summed E-state index contributed by atoms with van der Waals surface area (Å²) in [5, 5.41) is 12.8. The third-order valence-corrected chi connectivity index (χ3v) is 5.54. The highest BCUT2D eigenvalue weighted by molar-refractivity contribution is 6.30. The van der Waals surface area contributed by atoms with Gasteiger partial charge in [0.2, 0.25) is 11.8 Å². The summed E-state index contributed by atoms with van der Waals surface area (Å²) in [6, 6.07) is 6.55. The van der Waals surface area contributed by atoms with Crippen LogP contribution in [0.1, 0.15) is 37.8 Å². The first-order chi connectivity index (χ1) is 12.3. The fourth-order valence-corrected chi connectivity index (χ4v) is 3.92. The fourth-order valence-electron chi connectivity index (χ4n) is 3.79. The number of carbonyl (C=O) groups is 3. The van der Waals surface area contributed by atoms with Gasteiger partial charge in [-0.3, -0.25) is 14.4 Å². The molecule has 2 aliphatic rings. The summed E-state index contributed by atoms with van der Waals surface area (Å²) >= 11 is 5.91. The van der Waals surface area contributed by atoms with Crippen LogP contribution < -0.4 is 5.32 Å². The third kappa shape index (κ3) is 4.36. The van der Waals surface area contributed by atoms with E-state index in [1.54, 1.807) is 29.2 Å². The van der Waals surface area contributed by atoms with Crippen molar-refractivity contribution in [3.8, 4) is 0 Å². The normalized spacial score (nSPS) is 23.5. The highest BCUT2D eigenvalue weighted by Gasteiger charge is 2.46. The van der Waals surface area contributed by atoms with Gasteiger partial charge in [0.15, 0.2) is 0 Å². The van der Waals surface area contributed by atoms with Crippen molar-refractivity contribution >= 4 is 29.4 Å². The number of halogens is 1. The van der Waals surface area contributed by atoms with E-state index in [4.69, 9.17) is 11.6 Å². The Morgan fingerprint density at radius 3 is 2.42 bits per heavy atom. The van der Waals surface area contributed by atoms with Gasteiger partial charge in [0.1, 0.15) is 0 Å². The Balaban J connectivity index is 1.70. The average Bonchev–Trinajstić information content (AvgIpc) is 3.32. The number of rotatable bonds is 6. The average molecular weight is 379 g/mol. The van der Waals surface area contributed by atoms with Crippen LogP contribution in [0.25, 0.3) is 0 Å². The summed E-state index contributed by atoms with van der Waals surface area (Å²) in [5.41, 5.74) is 0.797. The molecule has 0 radical (unpaired) electrons. The lowest BCUT2D eigenvalue weighted by Gasteiger charge is -2.22. The minimum atomic E-state index is -0.826. The van der Waals surface area contributed by atoms with Gasteiger partial charge in [0.05, 0.1) is 18.4 Å². The van der Waals surface area contributed by atoms with Crippen LogP contribution in [0.15, 0.2) is 24.3 Å². The number of carboxylic acids is 1. The van der Waals surface area contributed by atoms with Crippen molar-refractivity contribution in [1.29, 1.82) is 0 Å². The maximum atomic E-state index is 12.8. The summed E-state index contributed by atoms with van der Waals surface area (Å²) in [4.78, 5) is 37.5. The van der Waals surface area contributed by atoms with E-state index in [-0.39, 0.29) is 30.7 Å². The van der Waals surface area contributed by atoms with E-state index in [1.807, 2.05) is 0 Å². The van der Waals surface area contributed by atoms with Crippen molar-refractivity contribution in [1.82, 2.24) is 10.2 Å². The van der Waals surface area contributed by atoms with Crippen LogP contribution in [0.4, 0.5) is 0 Å². The minimum Gasteiger partial charge on any atom is -0.481 e. The predicted molar refractivity (Wildman–Crippen MR) is 96.5 cm³/mol. The fraction of sp³-hybridized carbons (Fsp3) is 0.526. The highest BCUT2D eigenvalue weighted by atomic mass is 35.5. The molecule has 1 aliphatic carbocycles. The lowest BCUT2D eigenvalue weighted by atomic mass is 9.92. The summed E-state index contributed by atoms with van der Waals surface area (Å²) in [6.07, 6.45) is 2.20. The number of benzene rings is 1. The summed E-state index contributed by atoms with van der Waals surface area (Å²) in [7, 11) is 0. The van der Waals surface area contributed by atoms with Crippen LogP contribution in [0.3, 0.4) is 0 Å². The second kappa shape index (κ2) is 7.66. The number of carbonyl (C=O) groups excluding carboxylic acids is 2. The number of amides is 2. The largest absolute Gasteiger partial charge is 0.481 e. The maximum absolute atomic E-state index is 12.8. The van der Waals surface area contributed by atoms with E-state index in [9.17, 15) is 19.5 Å². The van der Waals surface area contributed by atoms with Gasteiger partial charge in [-0.05, 0) is 42.4 Å². The molecule has 3 rings (SSSR count). The van der Waals surface area contributed by atoms with Crippen molar-refractivity contribution in [2.45, 2.75) is 32.2 Å². The molecule has 0 aromatic heterocycles. The van der Waals surface area contributed by atoms with Crippen molar-refractivity contribution in [3.63, 3.8) is 0 Å². The molecule has 2 N–H and O–H groups in total. The van der Waals surface area contributed by atoms with Gasteiger partial charge in [0, 0.05) is 25.0 Å². The van der Waals surface area contributed by atoms with Gasteiger partial charge >= 0.3 is 5.97 Å². The maximum Gasteiger partial charge on any atom is 0.308 e. The smallest absolute Gasteiger partial charge is 0.308 e. The van der Waals surface area contributed by atoms with Crippen LogP contribution in [0.2, 0.25) is 5.02 Å². The van der Waals surface area contributed by atoms with Gasteiger partial charge < -0.3 is 15.3 Å². The van der Waals surface area contributed by atoms with E-state index >= 15 is 0 Å². The second-order valence-corrected chi connectivity index (χ2v) is 7.69. The molecule has 1 aromatic carbocycles. The predicted octanol–water partition coefficient (Wildman–Crippen LogP) is 2.48. The van der Waals surface area contributed by atoms with E-state index < -0.39 is 17.9 Å². The molecule has 140 valence electrons. The Kier molecular flexibility index (Phi) is 5.51. The summed E-state index contributed by atoms with van der Waals surface area (Å²) < 4.78 is 0. The van der Waals surface area contributed by atoms with Crippen molar-refractivity contribution in [2.75, 3.05) is 13.1 Å². The molecule has 6 nitrogen and oxygen atoms in total. The third-order valence-electron chi connectivity index (χ3n) is 5.29. The quantitative estimate of drug-likeness (QED) is 0.796. The van der Waals surface area contributed by atoms with Gasteiger partial charge in [0.25, 0.3) is 0 Å². The number of carboxylic acid groups (broad SMARTS) is 1. The molecule has 1 saturated carbocycles. The van der Waals surface area contributed by atoms with E-state index in [0.717, 1.165) is 18.4 Å². The van der Waals surface area contributed by atoms with Crippen LogP contribution in [0, 0.1) is 17.8 Å². The Bertz CT molecular complexity index is 702. The van der Waals surface area contributed by atoms with E-state index in [2.05, 4.69) is 5.32 Å². The SMILES string of the molecule is CC(=O)NC(CC(=O)N1C[C@H](C(=O)O)[C@@H](C2CC2)C1)c1ccc(Cl)cc1. The molecular formula is C19H23ClN2O4. The van der Waals surface area contributed by atoms with Crippen molar-refractivity contribution < 1.29 is 19.5 Å². The molecule has 0 bridgehead atoms. The molecule has 1 heterocycles. The first-order valence-electron chi connectivity index (χ1n) is 8.88. The summed E-state index contributed by atoms with van der Waals surface area (Å²) in [6.45, 7) is 2.16. The van der Waals surface area contributed by atoms with Gasteiger partial charge in [-0.2, -0.15) is 0 Å². The first kappa shape index (κ1) is 18.7. The number of nitrogens with zero attached hydrogens (tertiary/aromatic N) is 1. The van der Waals surface area contributed by atoms with Crippen molar-refractivity contribution in [3.05, 3.63) is 34.9 Å². The zero-order valence-electron chi connectivity index (χ0n) is 14.7. The standard InChI is InChI=1S/C19H23ClN2O4/c1-11(23)21-17(13-4-6-14(20)7-5-13)8-18(24)22-9-15(12-2-3-12)16(10-22)19(25)26/h4-7,12,15-17H,2-3,8-10H2,1H3,(H,21,23)(H,25,26)/t15-,16+,17?/m1/s1. The number of hydrogen-bond donors (Lipinski definition) is 2. The molecule has 26 heavy (non-hydrogen) atoms. The van der Waals surface area contributed by atoms with Gasteiger partial charge in [-0.1, -0.05) is 23.7 Å². The molecule has 2 fully saturated rings. The Morgan fingerprint density at radius 1 is 1.23 bits per heavy atom. The zero-order chi connectivity index (χ0) is 18.8. The highest BCUT2D eigenvalue weighted by Crippen LogP contribution is 2.44. The molecule has 0 spiro atoms. The second-order valence-electron chi connectivity index (χ2n) is 7.25. The Morgan fingerprint density at radius 2 is 1.88 bits per heavy atom. The lowest BCUT2D eigenvalue weighted by Crippen LogP contribution is -2.35. The number of likely N-dealkylation sites (tertiary alicyclic amines) is 1. The van der Waals surface area contributed by atoms with Gasteiger partial charge in [-0.15, -0.1) is 0 Å². The lowest BCUT2D eigenvalue weighted by molar-refractivity contribution is -0.142. The number of hydrogen-bond acceptors (Lipinski definition) is 3. The molecular weight excluding hydrogens is 356 g/mol. The van der Waals surface area contributed by atoms with Gasteiger partial charge in [-0.25, -0.2) is 0 Å². The molecule has 2 amide bonds. The Labute approximate surface area is 157 Å². The monoisotopic (exact) mass is 378 g/mol. The molecule has 1 unspecified atom stereocenters. The number of aliphatic carboxylic acids is 1. The first-order valence-corrected chi connectivity index (χ1v) is 9.26. The number of nitrogens with one attached hydrogen (secondary N) is 1. The van der Waals surface area contributed by atoms with E-state index in [0.29, 0.717) is 17.5 Å². The van der Waals surface area contributed by atoms with E-state index in [1.165, 1.54) is 6.92 Å². The van der Waals surface area contributed by atoms with Crippen molar-refractivity contribution in [2.24, 2.45) is 17.8 Å². The molecule has 3 atom stereocenters. The molecule has 1 saturated heterocycles. The van der Waals surface area contributed by atoms with Crippen LogP contribution in [0.5, 0.6) is 0 Å². The Hall–Kier alpha value is -2.08.